The van der Waals surface area contributed by atoms with E-state index in [0.29, 0.717) is 5.56 Å². The van der Waals surface area contributed by atoms with Crippen LogP contribution in [0.5, 0.6) is 5.75 Å². The van der Waals surface area contributed by atoms with E-state index >= 15 is 0 Å². The number of halogens is 1. The molecule has 1 aromatic heterocycles. The Hall–Kier alpha value is -1.46. The van der Waals surface area contributed by atoms with E-state index in [0.717, 1.165) is 9.88 Å². The van der Waals surface area contributed by atoms with Crippen LogP contribution in [0.1, 0.15) is 17.8 Å². The first kappa shape index (κ1) is 12.0. The fraction of sp³-hybridized carbons (Fsp3) is 0.250. The van der Waals surface area contributed by atoms with E-state index in [1.54, 1.807) is 12.3 Å². The minimum atomic E-state index is -0.624. The van der Waals surface area contributed by atoms with E-state index in [1.165, 1.54) is 23.5 Å². The number of phenols is 1. The monoisotopic (exact) mass is 252 g/mol. The fourth-order valence-corrected chi connectivity index (χ4v) is 2.38. The van der Waals surface area contributed by atoms with Crippen molar-refractivity contribution in [2.75, 3.05) is 7.05 Å². The zero-order valence-corrected chi connectivity index (χ0v) is 10.4. The van der Waals surface area contributed by atoms with Crippen LogP contribution in [0.4, 0.5) is 4.39 Å². The van der Waals surface area contributed by atoms with E-state index in [1.807, 2.05) is 14.0 Å². The maximum atomic E-state index is 13.2. The van der Waals surface area contributed by atoms with Gasteiger partial charge in [-0.15, -0.1) is 11.3 Å². The molecule has 0 fully saturated rings. The van der Waals surface area contributed by atoms with Crippen molar-refractivity contribution in [2.24, 2.45) is 0 Å². The molecule has 0 bridgehead atoms. The number of hydrogen-bond acceptors (Lipinski definition) is 4. The van der Waals surface area contributed by atoms with Crippen LogP contribution in [0.25, 0.3) is 10.6 Å². The van der Waals surface area contributed by atoms with E-state index in [-0.39, 0.29) is 11.8 Å². The Morgan fingerprint density at radius 3 is 2.88 bits per heavy atom. The normalized spacial score (nSPS) is 12.6. The van der Waals surface area contributed by atoms with Crippen molar-refractivity contribution in [3.63, 3.8) is 0 Å². The first-order valence-electron chi connectivity index (χ1n) is 5.23. The van der Waals surface area contributed by atoms with Gasteiger partial charge in [0.15, 0.2) is 11.6 Å². The third-order valence-electron chi connectivity index (χ3n) is 2.58. The van der Waals surface area contributed by atoms with Crippen LogP contribution in [0.2, 0.25) is 0 Å². The summed E-state index contributed by atoms with van der Waals surface area (Å²) in [7, 11) is 1.88. The van der Waals surface area contributed by atoms with Gasteiger partial charge in [-0.2, -0.15) is 0 Å². The quantitative estimate of drug-likeness (QED) is 0.882. The molecule has 2 rings (SSSR count). The van der Waals surface area contributed by atoms with Crippen LogP contribution in [0.3, 0.4) is 0 Å². The lowest BCUT2D eigenvalue weighted by atomic mass is 10.2. The highest BCUT2D eigenvalue weighted by Gasteiger charge is 2.10. The summed E-state index contributed by atoms with van der Waals surface area (Å²) in [5.41, 5.74) is 0.680. The molecule has 1 heterocycles. The summed E-state index contributed by atoms with van der Waals surface area (Å²) in [6.07, 6.45) is 1.78. The van der Waals surface area contributed by atoms with Gasteiger partial charge in [0, 0.05) is 22.7 Å². The summed E-state index contributed by atoms with van der Waals surface area (Å²) >= 11 is 1.51. The molecule has 2 N–H and O–H groups in total. The second-order valence-corrected chi connectivity index (χ2v) is 4.81. The molecule has 1 unspecified atom stereocenters. The molecule has 1 atom stereocenters. The van der Waals surface area contributed by atoms with Crippen molar-refractivity contribution in [2.45, 2.75) is 13.0 Å². The Kier molecular flexibility index (Phi) is 3.40. The molecular formula is C12H13FN2OS. The second-order valence-electron chi connectivity index (χ2n) is 3.74. The minimum absolute atomic E-state index is 0.225. The summed E-state index contributed by atoms with van der Waals surface area (Å²) in [5.74, 6) is -0.963. The van der Waals surface area contributed by atoms with Gasteiger partial charge in [-0.1, -0.05) is 0 Å². The van der Waals surface area contributed by atoms with Gasteiger partial charge in [0.2, 0.25) is 0 Å². The SMILES string of the molecule is CNC(C)c1cnc(-c2ccc(O)c(F)c2)s1. The number of aromatic nitrogens is 1. The highest BCUT2D eigenvalue weighted by Crippen LogP contribution is 2.30. The lowest BCUT2D eigenvalue weighted by Crippen LogP contribution is -2.10. The number of aromatic hydroxyl groups is 1. The number of nitrogens with one attached hydrogen (secondary N) is 1. The van der Waals surface area contributed by atoms with Gasteiger partial charge in [-0.3, -0.25) is 0 Å². The summed E-state index contributed by atoms with van der Waals surface area (Å²) in [6, 6.07) is 4.52. The van der Waals surface area contributed by atoms with Gasteiger partial charge in [0.25, 0.3) is 0 Å². The fourth-order valence-electron chi connectivity index (χ4n) is 1.40. The lowest BCUT2D eigenvalue weighted by Gasteiger charge is -2.04. The van der Waals surface area contributed by atoms with Crippen molar-refractivity contribution in [3.8, 4) is 16.3 Å². The molecule has 0 spiro atoms. The molecule has 0 saturated heterocycles. The highest BCUT2D eigenvalue weighted by atomic mass is 32.1. The molecule has 0 aliphatic rings. The maximum absolute atomic E-state index is 13.2. The second kappa shape index (κ2) is 4.81. The van der Waals surface area contributed by atoms with Crippen molar-refractivity contribution < 1.29 is 9.50 Å². The Balaban J connectivity index is 2.33. The molecule has 0 radical (unpaired) electrons. The van der Waals surface area contributed by atoms with E-state index in [4.69, 9.17) is 5.11 Å². The van der Waals surface area contributed by atoms with E-state index < -0.39 is 5.82 Å². The van der Waals surface area contributed by atoms with Crippen molar-refractivity contribution in [1.29, 1.82) is 0 Å². The summed E-state index contributed by atoms with van der Waals surface area (Å²) in [6.45, 7) is 2.04. The Bertz CT molecular complexity index is 527. The van der Waals surface area contributed by atoms with Crippen molar-refractivity contribution in [3.05, 3.63) is 35.1 Å². The van der Waals surface area contributed by atoms with Crippen LogP contribution in [0, 0.1) is 5.82 Å². The maximum Gasteiger partial charge on any atom is 0.165 e. The topological polar surface area (TPSA) is 45.2 Å². The van der Waals surface area contributed by atoms with Crippen LogP contribution in [-0.2, 0) is 0 Å². The number of hydrogen-bond donors (Lipinski definition) is 2. The molecule has 17 heavy (non-hydrogen) atoms. The molecule has 0 saturated carbocycles. The molecule has 3 nitrogen and oxygen atoms in total. The van der Waals surface area contributed by atoms with Gasteiger partial charge in [0.05, 0.1) is 0 Å². The van der Waals surface area contributed by atoms with Crippen LogP contribution >= 0.6 is 11.3 Å². The number of thiazole rings is 1. The Morgan fingerprint density at radius 2 is 2.24 bits per heavy atom. The third-order valence-corrected chi connectivity index (χ3v) is 3.81. The first-order valence-corrected chi connectivity index (χ1v) is 6.05. The first-order chi connectivity index (χ1) is 8.11. The molecule has 0 aliphatic heterocycles. The molecule has 5 heteroatoms. The number of phenolic OH excluding ortho intramolecular Hbond substituents is 1. The minimum Gasteiger partial charge on any atom is -0.505 e. The van der Waals surface area contributed by atoms with Gasteiger partial charge >= 0.3 is 0 Å². The summed E-state index contributed by atoms with van der Waals surface area (Å²) < 4.78 is 13.2. The van der Waals surface area contributed by atoms with E-state index in [9.17, 15) is 4.39 Å². The predicted molar refractivity (Wildman–Crippen MR) is 66.6 cm³/mol. The highest BCUT2D eigenvalue weighted by molar-refractivity contribution is 7.15. The van der Waals surface area contributed by atoms with Crippen LogP contribution < -0.4 is 5.32 Å². The largest absolute Gasteiger partial charge is 0.505 e. The van der Waals surface area contributed by atoms with Crippen LogP contribution in [0.15, 0.2) is 24.4 Å². The number of nitrogens with zero attached hydrogens (tertiary/aromatic N) is 1. The van der Waals surface area contributed by atoms with Crippen molar-refractivity contribution in [1.82, 2.24) is 10.3 Å². The zero-order valence-electron chi connectivity index (χ0n) is 9.57. The molecule has 2 aromatic rings. The Labute approximate surface area is 103 Å². The average Bonchev–Trinajstić information content (AvgIpc) is 2.81. The lowest BCUT2D eigenvalue weighted by molar-refractivity contribution is 0.432. The van der Waals surface area contributed by atoms with Gasteiger partial charge in [-0.25, -0.2) is 9.37 Å². The number of rotatable bonds is 3. The summed E-state index contributed by atoms with van der Waals surface area (Å²) in [4.78, 5) is 5.35. The molecular weight excluding hydrogens is 239 g/mol. The third kappa shape index (κ3) is 2.45. The Morgan fingerprint density at radius 1 is 1.47 bits per heavy atom. The van der Waals surface area contributed by atoms with Crippen LogP contribution in [-0.4, -0.2) is 17.1 Å². The number of benzene rings is 1. The predicted octanol–water partition coefficient (Wildman–Crippen LogP) is 2.94. The summed E-state index contributed by atoms with van der Waals surface area (Å²) in [5, 5.41) is 13.0. The van der Waals surface area contributed by atoms with Gasteiger partial charge in [-0.05, 0) is 32.2 Å². The van der Waals surface area contributed by atoms with Gasteiger partial charge < -0.3 is 10.4 Å². The molecule has 1 aromatic carbocycles. The van der Waals surface area contributed by atoms with Crippen molar-refractivity contribution >= 4 is 11.3 Å². The zero-order chi connectivity index (χ0) is 12.4. The molecule has 0 aliphatic carbocycles. The van der Waals surface area contributed by atoms with Gasteiger partial charge in [0.1, 0.15) is 5.01 Å². The standard InChI is InChI=1S/C12H13FN2OS/c1-7(14-2)11-6-15-12(17-11)8-3-4-10(16)9(13)5-8/h3-7,14,16H,1-2H3. The molecule has 90 valence electrons. The van der Waals surface area contributed by atoms with E-state index in [2.05, 4.69) is 10.3 Å². The molecule has 0 amide bonds. The smallest absolute Gasteiger partial charge is 0.165 e. The average molecular weight is 252 g/mol.